The maximum absolute atomic E-state index is 5.91. The number of nitrogens with one attached hydrogen (secondary N) is 1. The molecule has 0 radical (unpaired) electrons. The van der Waals surface area contributed by atoms with Crippen LogP contribution in [0, 0.1) is 0 Å². The number of rotatable bonds is 4. The van der Waals surface area contributed by atoms with Crippen LogP contribution < -0.4 is 0 Å². The van der Waals surface area contributed by atoms with Crippen LogP contribution in [-0.2, 0) is 11.2 Å². The van der Waals surface area contributed by atoms with Gasteiger partial charge in [-0.25, -0.2) is 0 Å². The van der Waals surface area contributed by atoms with Crippen LogP contribution in [0.4, 0.5) is 0 Å². The van der Waals surface area contributed by atoms with Crippen molar-refractivity contribution in [3.63, 3.8) is 0 Å². The second kappa shape index (κ2) is 5.87. The van der Waals surface area contributed by atoms with Crippen LogP contribution in [0.3, 0.4) is 0 Å². The molecule has 0 saturated carbocycles. The highest BCUT2D eigenvalue weighted by atomic mass is 35.5. The molecule has 2 rings (SSSR count). The average molecular weight is 257 g/mol. The minimum atomic E-state index is 0.457. The highest BCUT2D eigenvalue weighted by Crippen LogP contribution is 2.31. The molecule has 1 saturated heterocycles. The molecule has 0 aliphatic carbocycles. The smallest absolute Gasteiger partial charge is 0.0682 e. The van der Waals surface area contributed by atoms with Crippen molar-refractivity contribution in [2.45, 2.75) is 44.9 Å². The Bertz CT molecular complexity index is 356. The lowest BCUT2D eigenvalue weighted by Gasteiger charge is -2.22. The summed E-state index contributed by atoms with van der Waals surface area (Å²) in [4.78, 5) is 0. The minimum Gasteiger partial charge on any atom is -0.381 e. The molecule has 1 aliphatic heterocycles. The van der Waals surface area contributed by atoms with E-state index in [2.05, 4.69) is 24.0 Å². The predicted octanol–water partition coefficient (Wildman–Crippen LogP) is 3.21. The topological polar surface area (TPSA) is 37.9 Å². The van der Waals surface area contributed by atoms with Crippen molar-refractivity contribution in [1.29, 1.82) is 0 Å². The van der Waals surface area contributed by atoms with E-state index in [1.54, 1.807) is 0 Å². The highest BCUT2D eigenvalue weighted by Gasteiger charge is 2.23. The third-order valence-corrected chi connectivity index (χ3v) is 3.64. The third kappa shape index (κ3) is 2.83. The van der Waals surface area contributed by atoms with Crippen molar-refractivity contribution in [3.8, 4) is 0 Å². The first-order valence-electron chi connectivity index (χ1n) is 6.44. The fourth-order valence-electron chi connectivity index (χ4n) is 2.55. The van der Waals surface area contributed by atoms with E-state index in [4.69, 9.17) is 16.3 Å². The van der Waals surface area contributed by atoms with Crippen LogP contribution in [0.2, 0.25) is 0 Å². The fraction of sp³-hybridized carbons (Fsp3) is 0.769. The van der Waals surface area contributed by atoms with Crippen molar-refractivity contribution in [2.24, 2.45) is 0 Å². The van der Waals surface area contributed by atoms with Gasteiger partial charge in [0.15, 0.2) is 0 Å². The quantitative estimate of drug-likeness (QED) is 0.840. The van der Waals surface area contributed by atoms with Crippen LogP contribution in [0.15, 0.2) is 0 Å². The standard InChI is InChI=1S/C13H21ClN2O/c1-9(2)12-11(3-6-14)13(16-15-12)10-4-7-17-8-5-10/h9-10H,3-8H2,1-2H3,(H,15,16). The van der Waals surface area contributed by atoms with E-state index in [9.17, 15) is 0 Å². The molecule has 1 aliphatic rings. The Morgan fingerprint density at radius 2 is 2.12 bits per heavy atom. The summed E-state index contributed by atoms with van der Waals surface area (Å²) in [6.07, 6.45) is 3.10. The molecular formula is C13H21ClN2O. The molecule has 2 heterocycles. The Balaban J connectivity index is 2.25. The first kappa shape index (κ1) is 12.9. The summed E-state index contributed by atoms with van der Waals surface area (Å²) in [6.45, 7) is 6.09. The van der Waals surface area contributed by atoms with Crippen LogP contribution in [-0.4, -0.2) is 29.3 Å². The van der Waals surface area contributed by atoms with E-state index < -0.39 is 0 Å². The summed E-state index contributed by atoms with van der Waals surface area (Å²) in [5.74, 6) is 1.69. The van der Waals surface area contributed by atoms with Gasteiger partial charge in [-0.1, -0.05) is 13.8 Å². The zero-order valence-electron chi connectivity index (χ0n) is 10.6. The minimum absolute atomic E-state index is 0.457. The van der Waals surface area contributed by atoms with E-state index in [1.165, 1.54) is 17.0 Å². The Hall–Kier alpha value is -0.540. The lowest BCUT2D eigenvalue weighted by molar-refractivity contribution is 0.0843. The number of aromatic nitrogens is 2. The number of hydrogen-bond donors (Lipinski definition) is 1. The molecular weight excluding hydrogens is 236 g/mol. The largest absolute Gasteiger partial charge is 0.381 e. The summed E-state index contributed by atoms with van der Waals surface area (Å²) in [5, 5.41) is 7.73. The van der Waals surface area contributed by atoms with Gasteiger partial charge in [0, 0.05) is 30.7 Å². The van der Waals surface area contributed by atoms with Gasteiger partial charge in [-0.2, -0.15) is 5.10 Å². The van der Waals surface area contributed by atoms with E-state index in [-0.39, 0.29) is 0 Å². The average Bonchev–Trinajstić information content (AvgIpc) is 2.75. The van der Waals surface area contributed by atoms with Gasteiger partial charge in [0.2, 0.25) is 0 Å². The maximum Gasteiger partial charge on any atom is 0.0682 e. The number of ether oxygens (including phenoxy) is 1. The molecule has 0 spiro atoms. The molecule has 1 aromatic heterocycles. The van der Waals surface area contributed by atoms with Gasteiger partial charge < -0.3 is 4.74 Å². The van der Waals surface area contributed by atoms with Crippen molar-refractivity contribution in [2.75, 3.05) is 19.1 Å². The normalized spacial score (nSPS) is 17.9. The number of aromatic amines is 1. The molecule has 0 atom stereocenters. The molecule has 1 N–H and O–H groups in total. The van der Waals surface area contributed by atoms with Gasteiger partial charge >= 0.3 is 0 Å². The van der Waals surface area contributed by atoms with E-state index in [1.807, 2.05) is 0 Å². The monoisotopic (exact) mass is 256 g/mol. The zero-order chi connectivity index (χ0) is 12.3. The first-order chi connectivity index (χ1) is 8.24. The summed E-state index contributed by atoms with van der Waals surface area (Å²) in [7, 11) is 0. The lowest BCUT2D eigenvalue weighted by atomic mass is 9.90. The number of nitrogens with zero attached hydrogens (tertiary/aromatic N) is 1. The molecule has 0 amide bonds. The lowest BCUT2D eigenvalue weighted by Crippen LogP contribution is -2.16. The maximum atomic E-state index is 5.91. The highest BCUT2D eigenvalue weighted by molar-refractivity contribution is 6.18. The molecule has 0 unspecified atom stereocenters. The summed E-state index contributed by atoms with van der Waals surface area (Å²) in [5.41, 5.74) is 3.84. The Morgan fingerprint density at radius 1 is 1.41 bits per heavy atom. The Labute approximate surface area is 108 Å². The fourth-order valence-corrected chi connectivity index (χ4v) is 2.74. The summed E-state index contributed by atoms with van der Waals surface area (Å²) < 4.78 is 5.41. The number of halogens is 1. The SMILES string of the molecule is CC(C)c1n[nH]c(C2CCOCC2)c1CCCl. The van der Waals surface area contributed by atoms with Crippen LogP contribution >= 0.6 is 11.6 Å². The number of hydrogen-bond acceptors (Lipinski definition) is 2. The van der Waals surface area contributed by atoms with Crippen LogP contribution in [0.5, 0.6) is 0 Å². The van der Waals surface area contributed by atoms with Crippen molar-refractivity contribution >= 4 is 11.6 Å². The van der Waals surface area contributed by atoms with E-state index in [0.717, 1.165) is 32.5 Å². The first-order valence-corrected chi connectivity index (χ1v) is 6.98. The van der Waals surface area contributed by atoms with Gasteiger partial charge in [0.25, 0.3) is 0 Å². The van der Waals surface area contributed by atoms with Crippen molar-refractivity contribution < 1.29 is 4.74 Å². The Morgan fingerprint density at radius 3 is 2.71 bits per heavy atom. The molecule has 96 valence electrons. The molecule has 1 fully saturated rings. The van der Waals surface area contributed by atoms with Gasteiger partial charge in [-0.15, -0.1) is 11.6 Å². The second-order valence-corrected chi connectivity index (χ2v) is 5.36. The number of alkyl halides is 1. The number of H-pyrrole nitrogens is 1. The van der Waals surface area contributed by atoms with E-state index >= 15 is 0 Å². The van der Waals surface area contributed by atoms with Gasteiger partial charge in [0.1, 0.15) is 0 Å². The summed E-state index contributed by atoms with van der Waals surface area (Å²) in [6, 6.07) is 0. The predicted molar refractivity (Wildman–Crippen MR) is 69.9 cm³/mol. The third-order valence-electron chi connectivity index (χ3n) is 3.45. The van der Waals surface area contributed by atoms with Gasteiger partial charge in [-0.3, -0.25) is 5.10 Å². The summed E-state index contributed by atoms with van der Waals surface area (Å²) >= 11 is 5.91. The molecule has 0 aromatic carbocycles. The molecule has 4 heteroatoms. The molecule has 17 heavy (non-hydrogen) atoms. The van der Waals surface area contributed by atoms with Crippen LogP contribution in [0.25, 0.3) is 0 Å². The van der Waals surface area contributed by atoms with Gasteiger partial charge in [-0.05, 0) is 30.7 Å². The zero-order valence-corrected chi connectivity index (χ0v) is 11.4. The van der Waals surface area contributed by atoms with Gasteiger partial charge in [0.05, 0.1) is 5.69 Å². The van der Waals surface area contributed by atoms with E-state index in [0.29, 0.717) is 17.7 Å². The molecule has 1 aromatic rings. The van der Waals surface area contributed by atoms with Crippen LogP contribution in [0.1, 0.15) is 55.5 Å². The van der Waals surface area contributed by atoms with Crippen molar-refractivity contribution in [3.05, 3.63) is 17.0 Å². The molecule has 3 nitrogen and oxygen atoms in total. The van der Waals surface area contributed by atoms with Crippen molar-refractivity contribution in [1.82, 2.24) is 10.2 Å². The second-order valence-electron chi connectivity index (χ2n) is 4.98. The molecule has 0 bridgehead atoms. The Kier molecular flexibility index (Phi) is 4.46.